The van der Waals surface area contributed by atoms with E-state index in [1.165, 1.54) is 0 Å². The normalized spacial score (nSPS) is 10.2. The van der Waals surface area contributed by atoms with E-state index in [-0.39, 0.29) is 21.2 Å². The molecule has 22 heavy (non-hydrogen) atoms. The number of carbonyl (C=O) groups excluding carboxylic acids is 2. The summed E-state index contributed by atoms with van der Waals surface area (Å²) in [6.45, 7) is 3.39. The fourth-order valence-electron chi connectivity index (χ4n) is 1.94. The van der Waals surface area contributed by atoms with Gasteiger partial charge in [-0.1, -0.05) is 47.5 Å². The molecule has 2 rings (SSSR count). The Morgan fingerprint density at radius 2 is 1.14 bits per heavy atom. The first-order valence-corrected chi connectivity index (χ1v) is 7.11. The molecule has 0 saturated heterocycles. The van der Waals surface area contributed by atoms with Crippen LogP contribution in [0.5, 0.6) is 0 Å². The van der Waals surface area contributed by atoms with E-state index in [9.17, 15) is 9.59 Å². The maximum Gasteiger partial charge on any atom is 0.388 e. The van der Waals surface area contributed by atoms with E-state index in [0.717, 1.165) is 0 Å². The summed E-state index contributed by atoms with van der Waals surface area (Å²) in [5.74, 6) is -1.69. The molecule has 0 aromatic heterocycles. The van der Waals surface area contributed by atoms with Crippen molar-refractivity contribution in [2.45, 2.75) is 13.8 Å². The van der Waals surface area contributed by atoms with Gasteiger partial charge in [-0.05, 0) is 37.1 Å². The van der Waals surface area contributed by atoms with Crippen LogP contribution in [0.1, 0.15) is 31.8 Å². The Morgan fingerprint density at radius 3 is 1.45 bits per heavy atom. The third-order valence-electron chi connectivity index (χ3n) is 3.05. The zero-order chi connectivity index (χ0) is 16.3. The van der Waals surface area contributed by atoms with Gasteiger partial charge in [0, 0.05) is 0 Å². The number of aryl methyl sites for hydroxylation is 2. The van der Waals surface area contributed by atoms with Crippen LogP contribution < -0.4 is 0 Å². The van der Waals surface area contributed by atoms with Gasteiger partial charge in [0.05, 0.1) is 21.2 Å². The highest BCUT2D eigenvalue weighted by atomic mass is 35.5. The zero-order valence-electron chi connectivity index (χ0n) is 11.9. The Bertz CT molecular complexity index is 637. The number of rotatable bonds is 2. The van der Waals surface area contributed by atoms with Gasteiger partial charge in [-0.3, -0.25) is 0 Å². The highest BCUT2D eigenvalue weighted by Crippen LogP contribution is 2.22. The van der Waals surface area contributed by atoms with Crippen molar-refractivity contribution in [3.8, 4) is 0 Å². The molecule has 114 valence electrons. The van der Waals surface area contributed by atoms with Crippen LogP contribution in [0.15, 0.2) is 36.4 Å². The van der Waals surface area contributed by atoms with E-state index in [4.69, 9.17) is 23.2 Å². The largest absolute Gasteiger partial charge is 0.388 e. The first-order valence-electron chi connectivity index (χ1n) is 6.35. The van der Waals surface area contributed by atoms with E-state index >= 15 is 0 Å². The van der Waals surface area contributed by atoms with Crippen molar-refractivity contribution < 1.29 is 19.4 Å². The topological polar surface area (TPSA) is 52.6 Å². The molecule has 0 saturated carbocycles. The summed E-state index contributed by atoms with van der Waals surface area (Å²) in [4.78, 5) is 33.1. The summed E-state index contributed by atoms with van der Waals surface area (Å²) in [5, 5.41) is 0.435. The van der Waals surface area contributed by atoms with E-state index in [1.807, 2.05) is 0 Å². The van der Waals surface area contributed by atoms with E-state index in [1.54, 1.807) is 50.2 Å². The molecule has 2 aromatic rings. The molecule has 0 aliphatic rings. The minimum absolute atomic E-state index is 0.146. The van der Waals surface area contributed by atoms with Crippen molar-refractivity contribution in [1.29, 1.82) is 0 Å². The van der Waals surface area contributed by atoms with E-state index in [2.05, 4.69) is 9.78 Å². The van der Waals surface area contributed by atoms with Crippen LogP contribution in [-0.4, -0.2) is 11.9 Å². The number of halogens is 2. The van der Waals surface area contributed by atoms with Crippen molar-refractivity contribution in [3.63, 3.8) is 0 Å². The predicted molar refractivity (Wildman–Crippen MR) is 83.2 cm³/mol. The highest BCUT2D eigenvalue weighted by molar-refractivity contribution is 6.34. The Hall–Kier alpha value is -2.04. The van der Waals surface area contributed by atoms with Crippen molar-refractivity contribution in [2.75, 3.05) is 0 Å². The van der Waals surface area contributed by atoms with Gasteiger partial charge in [-0.15, -0.1) is 0 Å². The monoisotopic (exact) mass is 338 g/mol. The molecule has 0 N–H and O–H groups in total. The molecule has 4 nitrogen and oxygen atoms in total. The molecule has 0 heterocycles. The van der Waals surface area contributed by atoms with Crippen LogP contribution in [0, 0.1) is 13.8 Å². The Balaban J connectivity index is 2.13. The number of carbonyl (C=O) groups is 2. The zero-order valence-corrected chi connectivity index (χ0v) is 13.4. The van der Waals surface area contributed by atoms with E-state index < -0.39 is 11.9 Å². The second kappa shape index (κ2) is 6.81. The molecular weight excluding hydrogens is 327 g/mol. The first-order chi connectivity index (χ1) is 10.4. The van der Waals surface area contributed by atoms with Gasteiger partial charge in [0.15, 0.2) is 0 Å². The summed E-state index contributed by atoms with van der Waals surface area (Å²) in [6.07, 6.45) is 0. The lowest BCUT2D eigenvalue weighted by Crippen LogP contribution is -2.14. The molecule has 6 heteroatoms. The quantitative estimate of drug-likeness (QED) is 0.595. The molecule has 0 bridgehead atoms. The Kier molecular flexibility index (Phi) is 5.06. The molecule has 0 unspecified atom stereocenters. The van der Waals surface area contributed by atoms with Gasteiger partial charge in [0.2, 0.25) is 0 Å². The van der Waals surface area contributed by atoms with Crippen molar-refractivity contribution in [3.05, 3.63) is 68.7 Å². The molecule has 0 radical (unpaired) electrons. The molecule has 0 atom stereocenters. The fourth-order valence-corrected chi connectivity index (χ4v) is 2.54. The average molecular weight is 339 g/mol. The Morgan fingerprint density at radius 1 is 0.773 bits per heavy atom. The van der Waals surface area contributed by atoms with Gasteiger partial charge in [0.25, 0.3) is 0 Å². The second-order valence-electron chi connectivity index (χ2n) is 4.61. The maximum absolute atomic E-state index is 12.0. The van der Waals surface area contributed by atoms with Crippen LogP contribution in [0.25, 0.3) is 0 Å². The summed E-state index contributed by atoms with van der Waals surface area (Å²) in [7, 11) is 0. The molecule has 0 fully saturated rings. The van der Waals surface area contributed by atoms with Crippen LogP contribution in [0.4, 0.5) is 0 Å². The lowest BCUT2D eigenvalue weighted by Gasteiger charge is -2.09. The number of benzene rings is 2. The average Bonchev–Trinajstić information content (AvgIpc) is 2.44. The second-order valence-corrected chi connectivity index (χ2v) is 5.42. The van der Waals surface area contributed by atoms with Crippen molar-refractivity contribution in [1.82, 2.24) is 0 Å². The fraction of sp³-hybridized carbons (Fsp3) is 0.125. The smallest absolute Gasteiger partial charge is 0.241 e. The minimum Gasteiger partial charge on any atom is -0.241 e. The third-order valence-corrected chi connectivity index (χ3v) is 3.68. The standard InChI is InChI=1S/C16H12Cl2O4/c1-9-5-3-7-11(17)13(9)15(19)21-22-16(20)14-10(2)6-4-8-12(14)18/h3-8H,1-2H3. The van der Waals surface area contributed by atoms with Gasteiger partial charge in [-0.25, -0.2) is 19.4 Å². The lowest BCUT2D eigenvalue weighted by molar-refractivity contribution is -0.187. The summed E-state index contributed by atoms with van der Waals surface area (Å²) in [5.41, 5.74) is 1.52. The van der Waals surface area contributed by atoms with Crippen molar-refractivity contribution >= 4 is 35.1 Å². The first kappa shape index (κ1) is 16.3. The van der Waals surface area contributed by atoms with Crippen LogP contribution in [-0.2, 0) is 9.78 Å². The van der Waals surface area contributed by atoms with E-state index in [0.29, 0.717) is 11.1 Å². The third kappa shape index (κ3) is 3.40. The SMILES string of the molecule is Cc1cccc(Cl)c1C(=O)OOC(=O)c1c(C)cccc1Cl. The van der Waals surface area contributed by atoms with Gasteiger partial charge in [0.1, 0.15) is 0 Å². The molecule has 0 amide bonds. The summed E-state index contributed by atoms with van der Waals surface area (Å²) in [6, 6.07) is 9.89. The maximum atomic E-state index is 12.0. The van der Waals surface area contributed by atoms with Crippen LogP contribution in [0.2, 0.25) is 10.0 Å². The van der Waals surface area contributed by atoms with Crippen LogP contribution in [0.3, 0.4) is 0 Å². The van der Waals surface area contributed by atoms with Gasteiger partial charge < -0.3 is 0 Å². The van der Waals surface area contributed by atoms with Crippen LogP contribution >= 0.6 is 23.2 Å². The Labute approximate surface area is 137 Å². The highest BCUT2D eigenvalue weighted by Gasteiger charge is 2.21. The number of hydrogen-bond donors (Lipinski definition) is 0. The minimum atomic E-state index is -0.846. The molecule has 2 aromatic carbocycles. The lowest BCUT2D eigenvalue weighted by atomic mass is 10.1. The predicted octanol–water partition coefficient (Wildman–Crippen LogP) is 4.54. The molecule has 0 aliphatic heterocycles. The molecule has 0 spiro atoms. The summed E-state index contributed by atoms with van der Waals surface area (Å²) >= 11 is 11.9. The number of hydrogen-bond acceptors (Lipinski definition) is 4. The van der Waals surface area contributed by atoms with Crippen molar-refractivity contribution in [2.24, 2.45) is 0 Å². The summed E-state index contributed by atoms with van der Waals surface area (Å²) < 4.78 is 0. The molecular formula is C16H12Cl2O4. The molecule has 0 aliphatic carbocycles. The van der Waals surface area contributed by atoms with Gasteiger partial charge in [-0.2, -0.15) is 0 Å². The van der Waals surface area contributed by atoms with Gasteiger partial charge >= 0.3 is 11.9 Å².